The van der Waals surface area contributed by atoms with Crippen molar-refractivity contribution in [3.8, 4) is 0 Å². The maximum absolute atomic E-state index is 10.6. The Balaban J connectivity index is 2.57. The van der Waals surface area contributed by atoms with Crippen LogP contribution in [0.3, 0.4) is 0 Å². The number of carboxylic acid groups (broad SMARTS) is 1. The van der Waals surface area contributed by atoms with Gasteiger partial charge in [0.05, 0.1) is 12.2 Å². The van der Waals surface area contributed by atoms with E-state index in [1.165, 1.54) is 0 Å². The number of aryl methyl sites for hydroxylation is 1. The van der Waals surface area contributed by atoms with Gasteiger partial charge in [-0.2, -0.15) is 0 Å². The zero-order valence-corrected chi connectivity index (χ0v) is 8.63. The molecule has 0 aliphatic rings. The van der Waals surface area contributed by atoms with Crippen molar-refractivity contribution in [1.29, 1.82) is 0 Å². The molecule has 1 N–H and O–H groups in total. The molecule has 0 aromatic carbocycles. The zero-order valence-electron chi connectivity index (χ0n) is 8.63. The molecule has 0 saturated heterocycles. The van der Waals surface area contributed by atoms with Gasteiger partial charge in [0.2, 0.25) is 0 Å². The molecule has 0 unspecified atom stereocenters. The monoisotopic (exact) mass is 210 g/mol. The smallest absolute Gasteiger partial charge is 0.317 e. The minimum Gasteiger partial charge on any atom is -0.480 e. The summed E-state index contributed by atoms with van der Waals surface area (Å²) in [5.74, 6) is -0.860. The molecule has 0 atom stereocenters. The summed E-state index contributed by atoms with van der Waals surface area (Å²) in [4.78, 5) is 12.3. The summed E-state index contributed by atoms with van der Waals surface area (Å²) in [5, 5.41) is 16.3. The van der Waals surface area contributed by atoms with E-state index in [0.717, 1.165) is 5.69 Å². The van der Waals surface area contributed by atoms with E-state index in [1.54, 1.807) is 28.9 Å². The van der Waals surface area contributed by atoms with Crippen LogP contribution in [0.2, 0.25) is 0 Å². The molecule has 0 radical (unpaired) electrons. The van der Waals surface area contributed by atoms with Crippen LogP contribution in [-0.2, 0) is 18.4 Å². The summed E-state index contributed by atoms with van der Waals surface area (Å²) in [6, 6.07) is 0. The highest BCUT2D eigenvalue weighted by Crippen LogP contribution is 1.99. The fourth-order valence-electron chi connectivity index (χ4n) is 1.26. The van der Waals surface area contributed by atoms with Crippen LogP contribution in [0.1, 0.15) is 5.69 Å². The Morgan fingerprint density at radius 1 is 1.80 bits per heavy atom. The number of carbonyl (C=O) groups is 1. The Kier molecular flexibility index (Phi) is 3.99. The van der Waals surface area contributed by atoms with Crippen LogP contribution in [0.4, 0.5) is 0 Å². The van der Waals surface area contributed by atoms with Gasteiger partial charge in [-0.05, 0) is 0 Å². The van der Waals surface area contributed by atoms with Gasteiger partial charge in [0.15, 0.2) is 0 Å². The minimum absolute atomic E-state index is 0.0252. The first-order valence-electron chi connectivity index (χ1n) is 4.52. The van der Waals surface area contributed by atoms with Crippen LogP contribution < -0.4 is 0 Å². The molecule has 0 aliphatic carbocycles. The first-order chi connectivity index (χ1) is 7.11. The second-order valence-corrected chi connectivity index (χ2v) is 3.24. The number of hydrogen-bond acceptors (Lipinski definition) is 4. The lowest BCUT2D eigenvalue weighted by atomic mass is 10.4. The third kappa shape index (κ3) is 3.90. The fraction of sp³-hybridized carbons (Fsp3) is 0.444. The Morgan fingerprint density at radius 3 is 3.00 bits per heavy atom. The van der Waals surface area contributed by atoms with Crippen molar-refractivity contribution >= 4 is 5.97 Å². The molecule has 0 amide bonds. The van der Waals surface area contributed by atoms with E-state index < -0.39 is 5.97 Å². The maximum Gasteiger partial charge on any atom is 0.317 e. The van der Waals surface area contributed by atoms with Gasteiger partial charge in [-0.3, -0.25) is 14.4 Å². The third-order valence-corrected chi connectivity index (χ3v) is 1.78. The number of hydrogen-bond donors (Lipinski definition) is 1. The Hall–Kier alpha value is -1.69. The minimum atomic E-state index is -0.860. The van der Waals surface area contributed by atoms with E-state index in [2.05, 4.69) is 16.9 Å². The molecule has 0 spiro atoms. The number of carboxylic acids is 1. The molecule has 0 fully saturated rings. The number of rotatable bonds is 6. The molecule has 82 valence electrons. The van der Waals surface area contributed by atoms with Gasteiger partial charge in [-0.25, -0.2) is 0 Å². The second kappa shape index (κ2) is 5.26. The lowest BCUT2D eigenvalue weighted by molar-refractivity contribution is -0.138. The first kappa shape index (κ1) is 11.4. The molecule has 1 rings (SSSR count). The van der Waals surface area contributed by atoms with Gasteiger partial charge in [-0.1, -0.05) is 11.3 Å². The van der Waals surface area contributed by atoms with Gasteiger partial charge in [-0.15, -0.1) is 11.7 Å². The van der Waals surface area contributed by atoms with Crippen molar-refractivity contribution in [3.05, 3.63) is 24.5 Å². The lowest BCUT2D eigenvalue weighted by Gasteiger charge is -2.15. The average molecular weight is 210 g/mol. The first-order valence-corrected chi connectivity index (χ1v) is 4.52. The van der Waals surface area contributed by atoms with E-state index in [4.69, 9.17) is 5.11 Å². The quantitative estimate of drug-likeness (QED) is 0.663. The van der Waals surface area contributed by atoms with Gasteiger partial charge in [0.1, 0.15) is 0 Å². The van der Waals surface area contributed by atoms with Crippen molar-refractivity contribution in [2.75, 3.05) is 13.1 Å². The van der Waals surface area contributed by atoms with Crippen LogP contribution in [0, 0.1) is 0 Å². The Morgan fingerprint density at radius 2 is 2.53 bits per heavy atom. The van der Waals surface area contributed by atoms with Crippen molar-refractivity contribution in [3.63, 3.8) is 0 Å². The van der Waals surface area contributed by atoms with E-state index in [9.17, 15) is 4.79 Å². The molecule has 0 saturated carbocycles. The predicted octanol–water partition coefficient (Wildman–Crippen LogP) is -0.112. The average Bonchev–Trinajstić information content (AvgIpc) is 2.50. The van der Waals surface area contributed by atoms with Crippen molar-refractivity contribution in [1.82, 2.24) is 19.9 Å². The van der Waals surface area contributed by atoms with Crippen molar-refractivity contribution in [2.24, 2.45) is 7.05 Å². The number of aliphatic carboxylic acids is 1. The molecule has 0 aliphatic heterocycles. The summed E-state index contributed by atoms with van der Waals surface area (Å²) < 4.78 is 1.59. The standard InChI is InChI=1S/C9H14N4O2/c1-3-4-13(7-9(14)15)6-8-5-12(2)11-10-8/h3,5H,1,4,6-7H2,2H3,(H,14,15). The Labute approximate surface area is 87.8 Å². The maximum atomic E-state index is 10.6. The highest BCUT2D eigenvalue weighted by Gasteiger charge is 2.10. The molecule has 0 bridgehead atoms. The van der Waals surface area contributed by atoms with Crippen LogP contribution >= 0.6 is 0 Å². The molecular formula is C9H14N4O2. The normalized spacial score (nSPS) is 10.5. The number of nitrogens with zero attached hydrogens (tertiary/aromatic N) is 4. The highest BCUT2D eigenvalue weighted by atomic mass is 16.4. The summed E-state index contributed by atoms with van der Waals surface area (Å²) in [6.07, 6.45) is 3.43. The number of aromatic nitrogens is 3. The van der Waals surface area contributed by atoms with E-state index in [1.807, 2.05) is 0 Å². The second-order valence-electron chi connectivity index (χ2n) is 3.24. The SMILES string of the molecule is C=CCN(CC(=O)O)Cc1cn(C)nn1. The van der Waals surface area contributed by atoms with E-state index in [0.29, 0.717) is 13.1 Å². The van der Waals surface area contributed by atoms with Crippen molar-refractivity contribution < 1.29 is 9.90 Å². The molecule has 1 aromatic heterocycles. The summed E-state index contributed by atoms with van der Waals surface area (Å²) in [7, 11) is 1.77. The van der Waals surface area contributed by atoms with Gasteiger partial charge < -0.3 is 5.11 Å². The topological polar surface area (TPSA) is 71.2 Å². The summed E-state index contributed by atoms with van der Waals surface area (Å²) >= 11 is 0. The van der Waals surface area contributed by atoms with E-state index >= 15 is 0 Å². The van der Waals surface area contributed by atoms with Gasteiger partial charge in [0.25, 0.3) is 0 Å². The van der Waals surface area contributed by atoms with Gasteiger partial charge >= 0.3 is 5.97 Å². The third-order valence-electron chi connectivity index (χ3n) is 1.78. The van der Waals surface area contributed by atoms with Crippen LogP contribution in [0.5, 0.6) is 0 Å². The van der Waals surface area contributed by atoms with Crippen LogP contribution in [0.15, 0.2) is 18.9 Å². The Bertz CT molecular complexity index is 348. The molecule has 15 heavy (non-hydrogen) atoms. The largest absolute Gasteiger partial charge is 0.480 e. The van der Waals surface area contributed by atoms with E-state index in [-0.39, 0.29) is 6.54 Å². The summed E-state index contributed by atoms with van der Waals surface area (Å²) in [6.45, 7) is 4.53. The fourth-order valence-corrected chi connectivity index (χ4v) is 1.26. The van der Waals surface area contributed by atoms with Crippen molar-refractivity contribution in [2.45, 2.75) is 6.54 Å². The molecule has 6 heteroatoms. The molecule has 1 heterocycles. The summed E-state index contributed by atoms with van der Waals surface area (Å²) in [5.41, 5.74) is 0.751. The molecule has 6 nitrogen and oxygen atoms in total. The van der Waals surface area contributed by atoms with Crippen LogP contribution in [-0.4, -0.2) is 44.1 Å². The predicted molar refractivity (Wildman–Crippen MR) is 54.1 cm³/mol. The lowest BCUT2D eigenvalue weighted by Crippen LogP contribution is -2.29. The van der Waals surface area contributed by atoms with Gasteiger partial charge in [0, 0.05) is 26.3 Å². The van der Waals surface area contributed by atoms with Crippen LogP contribution in [0.25, 0.3) is 0 Å². The molecular weight excluding hydrogens is 196 g/mol. The zero-order chi connectivity index (χ0) is 11.3. The highest BCUT2D eigenvalue weighted by molar-refractivity contribution is 5.69. The molecule has 1 aromatic rings.